The molecule has 0 aliphatic rings. The monoisotopic (exact) mass is 182 g/mol. The zero-order valence-corrected chi connectivity index (χ0v) is 7.91. The van der Waals surface area contributed by atoms with Crippen LogP contribution in [-0.2, 0) is 9.59 Å². The smallest absolute Gasteiger partial charge is 0.328 e. The van der Waals surface area contributed by atoms with E-state index in [4.69, 9.17) is 5.11 Å². The van der Waals surface area contributed by atoms with Crippen molar-refractivity contribution in [2.24, 2.45) is 0 Å². The Bertz CT molecular complexity index is 249. The molecule has 0 fully saturated rings. The number of aliphatic carboxylic acids is 1. The van der Waals surface area contributed by atoms with Crippen LogP contribution in [0, 0.1) is 0 Å². The van der Waals surface area contributed by atoms with Gasteiger partial charge in [-0.25, -0.2) is 4.79 Å². The first-order chi connectivity index (χ1) is 6.06. The summed E-state index contributed by atoms with van der Waals surface area (Å²) in [5.41, 5.74) is 1.49. The van der Waals surface area contributed by atoms with Gasteiger partial charge in [-0.15, -0.1) is 0 Å². The molecule has 0 unspecified atom stereocenters. The summed E-state index contributed by atoms with van der Waals surface area (Å²) < 4.78 is 0. The normalized spacial score (nSPS) is 12.8. The number of carbonyl (C=O) groups excluding carboxylic acids is 1. The number of hydrogen-bond donors (Lipinski definition) is 1. The van der Waals surface area contributed by atoms with Gasteiger partial charge in [0.2, 0.25) is 0 Å². The van der Waals surface area contributed by atoms with Crippen molar-refractivity contribution < 1.29 is 14.7 Å². The molecule has 0 amide bonds. The van der Waals surface area contributed by atoms with Gasteiger partial charge in [-0.3, -0.25) is 4.79 Å². The molecule has 0 bridgehead atoms. The van der Waals surface area contributed by atoms with E-state index < -0.39 is 5.97 Å². The molecule has 3 heteroatoms. The summed E-state index contributed by atoms with van der Waals surface area (Å²) in [5, 5.41) is 8.39. The molecule has 0 spiro atoms. The first kappa shape index (κ1) is 11.6. The Morgan fingerprint density at radius 3 is 2.46 bits per heavy atom. The summed E-state index contributed by atoms with van der Waals surface area (Å²) in [6.45, 7) is 3.49. The highest BCUT2D eigenvalue weighted by atomic mass is 16.4. The number of carboxylic acids is 1. The second-order valence-corrected chi connectivity index (χ2v) is 2.93. The van der Waals surface area contributed by atoms with Crippen LogP contribution in [0.15, 0.2) is 23.3 Å². The number of hydrogen-bond acceptors (Lipinski definition) is 2. The van der Waals surface area contributed by atoms with Crippen molar-refractivity contribution in [1.82, 2.24) is 0 Å². The quantitative estimate of drug-likeness (QED) is 0.522. The fraction of sp³-hybridized carbons (Fsp3) is 0.400. The molecule has 0 rings (SSSR count). The molecule has 1 N–H and O–H groups in total. The summed E-state index contributed by atoms with van der Waals surface area (Å²) in [7, 11) is 0. The summed E-state index contributed by atoms with van der Waals surface area (Å²) in [6.07, 6.45) is 5.16. The van der Waals surface area contributed by atoms with Crippen molar-refractivity contribution in [1.29, 1.82) is 0 Å². The van der Waals surface area contributed by atoms with E-state index in [1.807, 2.05) is 0 Å². The lowest BCUT2D eigenvalue weighted by Gasteiger charge is -1.95. The topological polar surface area (TPSA) is 54.4 Å². The van der Waals surface area contributed by atoms with E-state index in [1.54, 1.807) is 19.9 Å². The van der Waals surface area contributed by atoms with Crippen LogP contribution in [-0.4, -0.2) is 17.4 Å². The SMILES string of the molecule is C/C(=C/C(=O)O)CC/C=C(\C)C=O. The minimum Gasteiger partial charge on any atom is -0.478 e. The second kappa shape index (κ2) is 6.17. The molecule has 0 aromatic carbocycles. The summed E-state index contributed by atoms with van der Waals surface area (Å²) in [5.74, 6) is -0.923. The van der Waals surface area contributed by atoms with Gasteiger partial charge in [0.05, 0.1) is 0 Å². The van der Waals surface area contributed by atoms with Crippen molar-refractivity contribution >= 4 is 12.3 Å². The third-order valence-electron chi connectivity index (χ3n) is 1.56. The van der Waals surface area contributed by atoms with Gasteiger partial charge in [-0.1, -0.05) is 11.6 Å². The standard InChI is InChI=1S/C10H14O3/c1-8(6-10(12)13)4-3-5-9(2)7-11/h5-7H,3-4H2,1-2H3,(H,12,13)/b8-6-,9-5+. The van der Waals surface area contributed by atoms with Gasteiger partial charge in [-0.2, -0.15) is 0 Å². The summed E-state index contributed by atoms with van der Waals surface area (Å²) in [6, 6.07) is 0. The van der Waals surface area contributed by atoms with Crippen molar-refractivity contribution in [3.8, 4) is 0 Å². The van der Waals surface area contributed by atoms with Crippen LogP contribution in [0.5, 0.6) is 0 Å². The van der Waals surface area contributed by atoms with Crippen LogP contribution in [0.25, 0.3) is 0 Å². The Morgan fingerprint density at radius 1 is 1.38 bits per heavy atom. The molecular formula is C10H14O3. The van der Waals surface area contributed by atoms with E-state index in [0.717, 1.165) is 11.9 Å². The number of carbonyl (C=O) groups is 2. The van der Waals surface area contributed by atoms with Crippen molar-refractivity contribution in [2.75, 3.05) is 0 Å². The Balaban J connectivity index is 3.90. The molecule has 0 saturated carbocycles. The van der Waals surface area contributed by atoms with E-state index in [2.05, 4.69) is 0 Å². The fourth-order valence-corrected chi connectivity index (χ4v) is 0.859. The average molecular weight is 182 g/mol. The Hall–Kier alpha value is -1.38. The van der Waals surface area contributed by atoms with Crippen LogP contribution in [0.4, 0.5) is 0 Å². The van der Waals surface area contributed by atoms with E-state index in [1.165, 1.54) is 6.08 Å². The zero-order valence-electron chi connectivity index (χ0n) is 7.91. The van der Waals surface area contributed by atoms with E-state index in [0.29, 0.717) is 18.4 Å². The first-order valence-electron chi connectivity index (χ1n) is 4.08. The van der Waals surface area contributed by atoms with Gasteiger partial charge in [0.15, 0.2) is 0 Å². The predicted molar refractivity (Wildman–Crippen MR) is 50.4 cm³/mol. The van der Waals surface area contributed by atoms with Gasteiger partial charge in [0.25, 0.3) is 0 Å². The highest BCUT2D eigenvalue weighted by Gasteiger charge is 1.93. The van der Waals surface area contributed by atoms with Crippen molar-refractivity contribution in [3.05, 3.63) is 23.3 Å². The summed E-state index contributed by atoms with van der Waals surface area (Å²) in [4.78, 5) is 20.4. The highest BCUT2D eigenvalue weighted by Crippen LogP contribution is 2.05. The maximum Gasteiger partial charge on any atom is 0.328 e. The molecule has 0 aliphatic heterocycles. The van der Waals surface area contributed by atoms with Gasteiger partial charge < -0.3 is 5.11 Å². The Labute approximate surface area is 77.8 Å². The van der Waals surface area contributed by atoms with Gasteiger partial charge in [0, 0.05) is 6.08 Å². The predicted octanol–water partition coefficient (Wildman–Crippen LogP) is 1.94. The minimum atomic E-state index is -0.923. The van der Waals surface area contributed by atoms with Gasteiger partial charge >= 0.3 is 5.97 Å². The minimum absolute atomic E-state index is 0.678. The third-order valence-corrected chi connectivity index (χ3v) is 1.56. The van der Waals surface area contributed by atoms with Crippen LogP contribution in [0.3, 0.4) is 0 Å². The maximum atomic E-state index is 10.2. The lowest BCUT2D eigenvalue weighted by molar-refractivity contribution is -0.131. The number of carboxylic acid groups (broad SMARTS) is 1. The first-order valence-corrected chi connectivity index (χ1v) is 4.08. The number of rotatable bonds is 5. The van der Waals surface area contributed by atoms with E-state index in [9.17, 15) is 9.59 Å². The van der Waals surface area contributed by atoms with Crippen LogP contribution in [0.1, 0.15) is 26.7 Å². The van der Waals surface area contributed by atoms with Crippen LogP contribution < -0.4 is 0 Å². The van der Waals surface area contributed by atoms with Crippen molar-refractivity contribution in [3.63, 3.8) is 0 Å². The lowest BCUT2D eigenvalue weighted by atomic mass is 10.1. The molecule has 72 valence electrons. The molecule has 0 aromatic heterocycles. The molecule has 0 atom stereocenters. The summed E-state index contributed by atoms with van der Waals surface area (Å²) >= 11 is 0. The fourth-order valence-electron chi connectivity index (χ4n) is 0.859. The van der Waals surface area contributed by atoms with E-state index >= 15 is 0 Å². The van der Waals surface area contributed by atoms with E-state index in [-0.39, 0.29) is 0 Å². The zero-order chi connectivity index (χ0) is 10.3. The number of allylic oxidation sites excluding steroid dienone is 3. The molecule has 3 nitrogen and oxygen atoms in total. The lowest BCUT2D eigenvalue weighted by Crippen LogP contribution is -1.89. The average Bonchev–Trinajstić information content (AvgIpc) is 2.02. The maximum absolute atomic E-state index is 10.2. The Kier molecular flexibility index (Phi) is 5.52. The molecule has 13 heavy (non-hydrogen) atoms. The largest absolute Gasteiger partial charge is 0.478 e. The van der Waals surface area contributed by atoms with Crippen LogP contribution in [0.2, 0.25) is 0 Å². The molecule has 0 radical (unpaired) electrons. The van der Waals surface area contributed by atoms with Crippen molar-refractivity contribution in [2.45, 2.75) is 26.7 Å². The van der Waals surface area contributed by atoms with Gasteiger partial charge in [0.1, 0.15) is 6.29 Å². The molecule has 0 aliphatic carbocycles. The Morgan fingerprint density at radius 2 is 2.00 bits per heavy atom. The highest BCUT2D eigenvalue weighted by molar-refractivity contribution is 5.80. The number of aldehydes is 1. The third kappa shape index (κ3) is 7.00. The molecule has 0 saturated heterocycles. The molecule has 0 heterocycles. The second-order valence-electron chi connectivity index (χ2n) is 2.93. The molecule has 0 aromatic rings. The van der Waals surface area contributed by atoms with Crippen LogP contribution >= 0.6 is 0 Å². The molecular weight excluding hydrogens is 168 g/mol. The van der Waals surface area contributed by atoms with Gasteiger partial charge in [-0.05, 0) is 32.3 Å².